The van der Waals surface area contributed by atoms with E-state index in [0.29, 0.717) is 25.7 Å². The summed E-state index contributed by atoms with van der Waals surface area (Å²) < 4.78 is 26.3. The molecule has 9 nitrogen and oxygen atoms in total. The molecule has 324 valence electrons. The van der Waals surface area contributed by atoms with Gasteiger partial charge in [0.2, 0.25) is 0 Å². The van der Waals surface area contributed by atoms with Crippen molar-refractivity contribution in [3.05, 3.63) is 97.2 Å². The molecule has 57 heavy (non-hydrogen) atoms. The molecule has 0 aromatic rings. The minimum atomic E-state index is -4.79. The minimum Gasteiger partial charge on any atom is -0.462 e. The highest BCUT2D eigenvalue weighted by atomic mass is 31.2. The van der Waals surface area contributed by atoms with Crippen molar-refractivity contribution in [3.8, 4) is 0 Å². The molecule has 3 N–H and O–H groups in total. The van der Waals surface area contributed by atoms with E-state index < -0.39 is 38.6 Å². The average Bonchev–Trinajstić information content (AvgIpc) is 3.18. The molecular weight excluding hydrogens is 739 g/mol. The predicted molar refractivity (Wildman–Crippen MR) is 236 cm³/mol. The van der Waals surface area contributed by atoms with Crippen LogP contribution in [0.1, 0.15) is 162 Å². The van der Waals surface area contributed by atoms with Crippen LogP contribution < -0.4 is 0 Å². The van der Waals surface area contributed by atoms with Crippen molar-refractivity contribution >= 4 is 19.8 Å². The lowest BCUT2D eigenvalue weighted by Gasteiger charge is -2.18. The van der Waals surface area contributed by atoms with Crippen molar-refractivity contribution < 1.29 is 43.0 Å². The quantitative estimate of drug-likeness (QED) is 0.0183. The monoisotopic (exact) mass is 817 g/mol. The van der Waals surface area contributed by atoms with Gasteiger partial charge in [-0.15, -0.1) is 0 Å². The fraction of sp³-hybridized carbons (Fsp3) is 0.617. The lowest BCUT2D eigenvalue weighted by Crippen LogP contribution is -2.29. The molecule has 0 fully saturated rings. The maximum absolute atomic E-state index is 12.4. The normalized spacial score (nSPS) is 14.0. The second-order valence-corrected chi connectivity index (χ2v) is 15.4. The van der Waals surface area contributed by atoms with Gasteiger partial charge < -0.3 is 24.4 Å². The molecule has 0 aromatic heterocycles. The van der Waals surface area contributed by atoms with Crippen LogP contribution in [0, 0.1) is 0 Å². The van der Waals surface area contributed by atoms with Crippen molar-refractivity contribution in [3.63, 3.8) is 0 Å². The van der Waals surface area contributed by atoms with Crippen molar-refractivity contribution in [1.29, 1.82) is 0 Å². The Labute approximate surface area is 346 Å². The van der Waals surface area contributed by atoms with Crippen LogP contribution >= 0.6 is 7.82 Å². The fourth-order valence-corrected chi connectivity index (χ4v) is 5.81. The van der Waals surface area contributed by atoms with Crippen molar-refractivity contribution in [1.82, 2.24) is 0 Å². The van der Waals surface area contributed by atoms with Crippen LogP contribution in [0.15, 0.2) is 97.2 Å². The molecule has 0 bridgehead atoms. The molecule has 0 amide bonds. The van der Waals surface area contributed by atoms with Crippen molar-refractivity contribution in [2.24, 2.45) is 0 Å². The molecular formula is C47H77O9P. The Morgan fingerprint density at radius 3 is 1.67 bits per heavy atom. The van der Waals surface area contributed by atoms with Gasteiger partial charge in [-0.05, 0) is 77.0 Å². The van der Waals surface area contributed by atoms with Crippen LogP contribution in [0.3, 0.4) is 0 Å². The molecule has 0 saturated heterocycles. The summed E-state index contributed by atoms with van der Waals surface area (Å²) in [4.78, 5) is 42.9. The topological polar surface area (TPSA) is 140 Å². The molecule has 0 radical (unpaired) electrons. The van der Waals surface area contributed by atoms with Gasteiger partial charge in [0.15, 0.2) is 6.10 Å². The Bertz CT molecular complexity index is 1260. The molecule has 0 saturated carbocycles. The van der Waals surface area contributed by atoms with Gasteiger partial charge in [-0.3, -0.25) is 14.1 Å². The van der Waals surface area contributed by atoms with Gasteiger partial charge in [-0.25, -0.2) is 4.57 Å². The number of esters is 2. The van der Waals surface area contributed by atoms with E-state index in [1.54, 1.807) is 6.08 Å². The van der Waals surface area contributed by atoms with E-state index in [-0.39, 0.29) is 19.4 Å². The number of phosphoric acid groups is 1. The lowest BCUT2D eigenvalue weighted by atomic mass is 10.1. The number of hydrogen-bond donors (Lipinski definition) is 3. The van der Waals surface area contributed by atoms with Gasteiger partial charge in [0.1, 0.15) is 6.61 Å². The van der Waals surface area contributed by atoms with Crippen LogP contribution in [-0.4, -0.2) is 52.3 Å². The maximum Gasteiger partial charge on any atom is 0.469 e. The zero-order valence-corrected chi connectivity index (χ0v) is 36.2. The second-order valence-electron chi connectivity index (χ2n) is 14.1. The number of hydrogen-bond acceptors (Lipinski definition) is 7. The molecule has 0 aliphatic heterocycles. The van der Waals surface area contributed by atoms with Gasteiger partial charge in [0.25, 0.3) is 0 Å². The Hall–Kier alpha value is -3.07. The number of ether oxygens (including phenoxy) is 2. The molecule has 0 spiro atoms. The molecule has 10 heteroatoms. The largest absolute Gasteiger partial charge is 0.469 e. The molecule has 2 atom stereocenters. The van der Waals surface area contributed by atoms with Gasteiger partial charge in [-0.2, -0.15) is 0 Å². The van der Waals surface area contributed by atoms with Crippen molar-refractivity contribution in [2.75, 3.05) is 13.2 Å². The van der Waals surface area contributed by atoms with Gasteiger partial charge in [0.05, 0.1) is 12.7 Å². The average molecular weight is 817 g/mol. The lowest BCUT2D eigenvalue weighted by molar-refractivity contribution is -0.161. The summed E-state index contributed by atoms with van der Waals surface area (Å²) in [5.74, 6) is -1.02. The van der Waals surface area contributed by atoms with Crippen LogP contribution in [0.5, 0.6) is 0 Å². The molecule has 0 heterocycles. The third-order valence-corrected chi connectivity index (χ3v) is 9.17. The Kier molecular flexibility index (Phi) is 38.9. The number of carbonyl (C=O) groups excluding carboxylic acids is 2. The first-order valence-corrected chi connectivity index (χ1v) is 23.2. The molecule has 1 unspecified atom stereocenters. The van der Waals surface area contributed by atoms with Crippen LogP contribution in [-0.2, 0) is 28.2 Å². The molecule has 0 aromatic carbocycles. The second kappa shape index (κ2) is 41.1. The van der Waals surface area contributed by atoms with E-state index >= 15 is 0 Å². The number of allylic oxidation sites excluding steroid dienone is 14. The third kappa shape index (κ3) is 43.9. The molecule has 0 aliphatic carbocycles. The zero-order valence-electron chi connectivity index (χ0n) is 35.3. The highest BCUT2D eigenvalue weighted by molar-refractivity contribution is 7.46. The number of phosphoric ester groups is 1. The smallest absolute Gasteiger partial charge is 0.462 e. The van der Waals surface area contributed by atoms with Crippen molar-refractivity contribution in [2.45, 2.75) is 174 Å². The Morgan fingerprint density at radius 1 is 0.561 bits per heavy atom. The van der Waals surface area contributed by atoms with Gasteiger partial charge >= 0.3 is 19.8 Å². The SMILES string of the molecule is CC/C=C\CC(O)/C=C/C=C/C/C=C\C/C=C\C/C=C\CCC(=O)O[C@H](COC(=O)CCCCCCCCCCC/C=C\C/C=C\CCCCC)COP(=O)(O)O. The first kappa shape index (κ1) is 53.9. The fourth-order valence-electron chi connectivity index (χ4n) is 5.45. The first-order chi connectivity index (χ1) is 27.7. The summed E-state index contributed by atoms with van der Waals surface area (Å²) in [6.07, 6.45) is 53.2. The first-order valence-electron chi connectivity index (χ1n) is 21.6. The van der Waals surface area contributed by atoms with E-state index in [4.69, 9.17) is 19.3 Å². The van der Waals surface area contributed by atoms with E-state index in [9.17, 15) is 19.3 Å². The van der Waals surface area contributed by atoms with Gasteiger partial charge in [0, 0.05) is 12.8 Å². The van der Waals surface area contributed by atoms with Gasteiger partial charge in [-0.1, -0.05) is 169 Å². The summed E-state index contributed by atoms with van der Waals surface area (Å²) in [5.41, 5.74) is 0. The summed E-state index contributed by atoms with van der Waals surface area (Å²) in [6.45, 7) is 3.38. The van der Waals surface area contributed by atoms with E-state index in [0.717, 1.165) is 51.4 Å². The van der Waals surface area contributed by atoms with Crippen LogP contribution in [0.25, 0.3) is 0 Å². The summed E-state index contributed by atoms with van der Waals surface area (Å²) >= 11 is 0. The molecule has 0 rings (SSSR count). The van der Waals surface area contributed by atoms with Crippen LogP contribution in [0.2, 0.25) is 0 Å². The number of rotatable bonds is 38. The summed E-state index contributed by atoms with van der Waals surface area (Å²) in [5, 5.41) is 9.82. The summed E-state index contributed by atoms with van der Waals surface area (Å²) in [6, 6.07) is 0. The third-order valence-electron chi connectivity index (χ3n) is 8.68. The minimum absolute atomic E-state index is 0.0651. The highest BCUT2D eigenvalue weighted by Crippen LogP contribution is 2.36. The van der Waals surface area contributed by atoms with E-state index in [2.05, 4.69) is 60.9 Å². The zero-order chi connectivity index (χ0) is 41.9. The Morgan fingerprint density at radius 2 is 1.09 bits per heavy atom. The Balaban J connectivity index is 4.09. The number of carbonyl (C=O) groups is 2. The number of aliphatic hydroxyl groups excluding tert-OH is 1. The highest BCUT2D eigenvalue weighted by Gasteiger charge is 2.22. The van der Waals surface area contributed by atoms with E-state index in [1.807, 2.05) is 48.6 Å². The standard InChI is InChI=1S/C47H77O9P/c1-3-5-7-8-9-10-11-12-13-14-15-16-17-20-23-26-29-32-36-40-46(49)54-42-45(43-55-57(51,52)53)56-47(50)41-37-33-30-27-24-21-18-19-22-25-28-31-35-39-44(48)38-34-6-4-2/h6,9-10,12-13,19,21-22,24,28,30-31,33-35,39,44-45,48H,3-5,7-8,11,14-18,20,23,25-27,29,32,36-38,40-43H2,1-2H3,(H2,51,52,53)/b10-9-,13-12-,22-19-,24-21-,31-28+,33-30-,34-6-,39-35+/t44?,45-/m1/s1. The molecule has 0 aliphatic rings. The number of aliphatic hydroxyl groups is 1. The predicted octanol–water partition coefficient (Wildman–Crippen LogP) is 12.4. The van der Waals surface area contributed by atoms with Crippen LogP contribution in [0.4, 0.5) is 0 Å². The summed E-state index contributed by atoms with van der Waals surface area (Å²) in [7, 11) is -4.79. The maximum atomic E-state index is 12.4. The number of unbranched alkanes of at least 4 members (excludes halogenated alkanes) is 12. The van der Waals surface area contributed by atoms with E-state index in [1.165, 1.54) is 57.8 Å².